The monoisotopic (exact) mass is 284 g/mol. The van der Waals surface area contributed by atoms with Gasteiger partial charge in [0, 0.05) is 25.9 Å². The Morgan fingerprint density at radius 2 is 2.05 bits per heavy atom. The Morgan fingerprint density at radius 3 is 2.63 bits per heavy atom. The van der Waals surface area contributed by atoms with Crippen LogP contribution in [0.15, 0.2) is 29.2 Å². The lowest BCUT2D eigenvalue weighted by Crippen LogP contribution is -2.33. The molecule has 1 fully saturated rings. The molecule has 5 nitrogen and oxygen atoms in total. The lowest BCUT2D eigenvalue weighted by Gasteiger charge is -2.22. The van der Waals surface area contributed by atoms with Gasteiger partial charge >= 0.3 is 0 Å². The van der Waals surface area contributed by atoms with E-state index in [-0.39, 0.29) is 5.92 Å². The van der Waals surface area contributed by atoms with Gasteiger partial charge in [-0.15, -0.1) is 0 Å². The molecular formula is C13H20N2O3S. The zero-order valence-electron chi connectivity index (χ0n) is 11.1. The van der Waals surface area contributed by atoms with Gasteiger partial charge in [-0.3, -0.25) is 0 Å². The normalized spacial score (nSPS) is 20.2. The van der Waals surface area contributed by atoms with E-state index in [2.05, 4.69) is 10.0 Å². The van der Waals surface area contributed by atoms with Crippen LogP contribution in [0, 0.1) is 5.92 Å². The maximum Gasteiger partial charge on any atom is 0.240 e. The van der Waals surface area contributed by atoms with Crippen molar-refractivity contribution in [1.82, 2.24) is 4.72 Å². The van der Waals surface area contributed by atoms with Gasteiger partial charge in [-0.25, -0.2) is 13.1 Å². The number of hydrogen-bond donors (Lipinski definition) is 2. The molecule has 0 bridgehead atoms. The van der Waals surface area contributed by atoms with Gasteiger partial charge in [0.2, 0.25) is 10.0 Å². The maximum atomic E-state index is 12.1. The quantitative estimate of drug-likeness (QED) is 0.858. The minimum Gasteiger partial charge on any atom is -0.388 e. The van der Waals surface area contributed by atoms with Crippen molar-refractivity contribution in [2.75, 3.05) is 32.1 Å². The van der Waals surface area contributed by atoms with E-state index in [9.17, 15) is 8.42 Å². The summed E-state index contributed by atoms with van der Waals surface area (Å²) in [6.45, 7) is 1.87. The Kier molecular flexibility index (Phi) is 4.79. The first-order valence-corrected chi connectivity index (χ1v) is 7.95. The molecule has 0 spiro atoms. The van der Waals surface area contributed by atoms with Crippen molar-refractivity contribution in [2.45, 2.75) is 17.7 Å². The fraction of sp³-hybridized carbons (Fsp3) is 0.538. The molecule has 106 valence electrons. The van der Waals surface area contributed by atoms with Gasteiger partial charge in [-0.2, -0.15) is 0 Å². The van der Waals surface area contributed by atoms with E-state index in [0.29, 0.717) is 18.0 Å². The summed E-state index contributed by atoms with van der Waals surface area (Å²) in [5.74, 6) is 0.278. The molecule has 0 radical (unpaired) electrons. The zero-order chi connectivity index (χ0) is 13.7. The van der Waals surface area contributed by atoms with Crippen LogP contribution in [0.25, 0.3) is 0 Å². The molecule has 1 aromatic rings. The van der Waals surface area contributed by atoms with Gasteiger partial charge in [0.15, 0.2) is 0 Å². The van der Waals surface area contributed by atoms with E-state index in [1.54, 1.807) is 31.3 Å². The molecule has 2 rings (SSSR count). The van der Waals surface area contributed by atoms with Crippen LogP contribution >= 0.6 is 0 Å². The largest absolute Gasteiger partial charge is 0.388 e. The third kappa shape index (κ3) is 3.92. The van der Waals surface area contributed by atoms with Crippen molar-refractivity contribution in [3.05, 3.63) is 24.3 Å². The number of ether oxygens (including phenoxy) is 1. The Bertz CT molecular complexity index is 493. The zero-order valence-corrected chi connectivity index (χ0v) is 11.9. The van der Waals surface area contributed by atoms with E-state index in [4.69, 9.17) is 4.74 Å². The van der Waals surface area contributed by atoms with E-state index in [1.807, 2.05) is 0 Å². The van der Waals surface area contributed by atoms with Crippen molar-refractivity contribution in [1.29, 1.82) is 0 Å². The van der Waals surface area contributed by atoms with Gasteiger partial charge in [-0.1, -0.05) is 0 Å². The van der Waals surface area contributed by atoms with E-state index in [0.717, 1.165) is 25.1 Å². The number of benzene rings is 1. The first-order chi connectivity index (χ1) is 9.12. The smallest absolute Gasteiger partial charge is 0.240 e. The average Bonchev–Trinajstić information content (AvgIpc) is 2.46. The van der Waals surface area contributed by atoms with Crippen LogP contribution in [0.4, 0.5) is 5.69 Å². The van der Waals surface area contributed by atoms with Crippen molar-refractivity contribution >= 4 is 15.7 Å². The summed E-state index contributed by atoms with van der Waals surface area (Å²) in [6, 6.07) is 6.70. The minimum absolute atomic E-state index is 0.278. The maximum absolute atomic E-state index is 12.1. The molecule has 0 amide bonds. The van der Waals surface area contributed by atoms with Crippen LogP contribution in [0.3, 0.4) is 0 Å². The molecule has 6 heteroatoms. The highest BCUT2D eigenvalue weighted by Crippen LogP contribution is 2.16. The van der Waals surface area contributed by atoms with E-state index >= 15 is 0 Å². The average molecular weight is 284 g/mol. The Hall–Kier alpha value is -1.11. The number of rotatable bonds is 5. The molecule has 1 aliphatic heterocycles. The first kappa shape index (κ1) is 14.3. The molecule has 2 N–H and O–H groups in total. The second-order valence-corrected chi connectivity index (χ2v) is 6.48. The molecule has 1 unspecified atom stereocenters. The number of nitrogens with one attached hydrogen (secondary N) is 2. The van der Waals surface area contributed by atoms with Gasteiger partial charge < -0.3 is 10.1 Å². The highest BCUT2D eigenvalue weighted by Gasteiger charge is 2.18. The third-order valence-electron chi connectivity index (χ3n) is 3.27. The molecule has 0 saturated carbocycles. The summed E-state index contributed by atoms with van der Waals surface area (Å²) in [6.07, 6.45) is 2.02. The number of anilines is 1. The Labute approximate surface area is 114 Å². The fourth-order valence-corrected chi connectivity index (χ4v) is 3.20. The second kappa shape index (κ2) is 6.36. The molecule has 1 atom stereocenters. The lowest BCUT2D eigenvalue weighted by atomic mass is 10.0. The molecule has 0 aliphatic carbocycles. The molecule has 1 heterocycles. The van der Waals surface area contributed by atoms with E-state index < -0.39 is 10.0 Å². The van der Waals surface area contributed by atoms with Crippen LogP contribution in [-0.2, 0) is 14.8 Å². The summed E-state index contributed by atoms with van der Waals surface area (Å²) >= 11 is 0. The summed E-state index contributed by atoms with van der Waals surface area (Å²) in [4.78, 5) is 0.295. The molecule has 19 heavy (non-hydrogen) atoms. The van der Waals surface area contributed by atoms with Gasteiger partial charge in [0.05, 0.1) is 11.5 Å². The van der Waals surface area contributed by atoms with E-state index in [1.165, 1.54) is 0 Å². The van der Waals surface area contributed by atoms with Crippen molar-refractivity contribution < 1.29 is 13.2 Å². The van der Waals surface area contributed by atoms with Crippen molar-refractivity contribution in [3.63, 3.8) is 0 Å². The number of sulfonamides is 1. The van der Waals surface area contributed by atoms with Crippen molar-refractivity contribution in [2.24, 2.45) is 5.92 Å². The molecule has 0 aromatic heterocycles. The summed E-state index contributed by atoms with van der Waals surface area (Å²) < 4.78 is 32.2. The summed E-state index contributed by atoms with van der Waals surface area (Å²) in [5.41, 5.74) is 0.889. The van der Waals surface area contributed by atoms with Crippen LogP contribution in [-0.4, -0.2) is 35.2 Å². The highest BCUT2D eigenvalue weighted by molar-refractivity contribution is 7.89. The molecule has 1 aromatic carbocycles. The van der Waals surface area contributed by atoms with Crippen LogP contribution in [0.1, 0.15) is 12.8 Å². The highest BCUT2D eigenvalue weighted by atomic mass is 32.2. The van der Waals surface area contributed by atoms with Gasteiger partial charge in [-0.05, 0) is 43.0 Å². The van der Waals surface area contributed by atoms with Crippen LogP contribution in [0.2, 0.25) is 0 Å². The molecular weight excluding hydrogens is 264 g/mol. The standard InChI is InChI=1S/C13H20N2O3S/c1-14-12-4-6-13(7-5-12)19(16,17)15-9-11-3-2-8-18-10-11/h4-7,11,14-15H,2-3,8-10H2,1H3. The third-order valence-corrected chi connectivity index (χ3v) is 4.71. The topological polar surface area (TPSA) is 67.4 Å². The Balaban J connectivity index is 1.96. The van der Waals surface area contributed by atoms with Crippen LogP contribution < -0.4 is 10.0 Å². The molecule has 1 aliphatic rings. The summed E-state index contributed by atoms with van der Waals surface area (Å²) in [5, 5.41) is 2.96. The number of hydrogen-bond acceptors (Lipinski definition) is 4. The fourth-order valence-electron chi connectivity index (χ4n) is 2.08. The Morgan fingerprint density at radius 1 is 1.32 bits per heavy atom. The van der Waals surface area contributed by atoms with Crippen LogP contribution in [0.5, 0.6) is 0 Å². The van der Waals surface area contributed by atoms with Gasteiger partial charge in [0.1, 0.15) is 0 Å². The second-order valence-electron chi connectivity index (χ2n) is 4.71. The summed E-state index contributed by atoms with van der Waals surface area (Å²) in [7, 11) is -1.62. The van der Waals surface area contributed by atoms with Gasteiger partial charge in [0.25, 0.3) is 0 Å². The first-order valence-electron chi connectivity index (χ1n) is 6.47. The predicted octanol–water partition coefficient (Wildman–Crippen LogP) is 1.43. The molecule has 1 saturated heterocycles. The predicted molar refractivity (Wildman–Crippen MR) is 74.7 cm³/mol. The minimum atomic E-state index is -3.42. The van der Waals surface area contributed by atoms with Crippen molar-refractivity contribution in [3.8, 4) is 0 Å². The SMILES string of the molecule is CNc1ccc(S(=O)(=O)NCC2CCCOC2)cc1. The lowest BCUT2D eigenvalue weighted by molar-refractivity contribution is 0.0568.